The topological polar surface area (TPSA) is 103 Å². The van der Waals surface area contributed by atoms with E-state index >= 15 is 0 Å². The maximum absolute atomic E-state index is 12.6. The average Bonchev–Trinajstić information content (AvgIpc) is 3.00. The summed E-state index contributed by atoms with van der Waals surface area (Å²) in [7, 11) is 1.59. The molecule has 1 aromatic rings. The number of hydrogen-bond acceptors (Lipinski definition) is 4. The molecule has 2 saturated heterocycles. The van der Waals surface area contributed by atoms with Crippen molar-refractivity contribution in [2.24, 2.45) is 16.5 Å². The predicted octanol–water partition coefficient (Wildman–Crippen LogP) is 2.14. The first kappa shape index (κ1) is 17.1. The van der Waals surface area contributed by atoms with E-state index in [2.05, 4.69) is 36.9 Å². The Kier molecular flexibility index (Phi) is 4.73. The molecule has 1 aromatic carbocycles. The Hall–Kier alpha value is -1.74. The summed E-state index contributed by atoms with van der Waals surface area (Å²) in [5.74, 6) is 0.716. The Bertz CT molecular complexity index is 723. The SMILES string of the molecule is COc1c(Br)cc(/C=C2\OC3CCC(N=C(N)N)N3C2=O)cc1Br. The molecule has 2 atom stereocenters. The van der Waals surface area contributed by atoms with Gasteiger partial charge in [-0.2, -0.15) is 0 Å². The Morgan fingerprint density at radius 2 is 2.04 bits per heavy atom. The van der Waals surface area contributed by atoms with Crippen molar-refractivity contribution in [3.05, 3.63) is 32.4 Å². The van der Waals surface area contributed by atoms with Gasteiger partial charge in [-0.15, -0.1) is 0 Å². The number of carbonyl (C=O) groups excluding carboxylic acids is 1. The van der Waals surface area contributed by atoms with Crippen LogP contribution >= 0.6 is 31.9 Å². The number of carbonyl (C=O) groups is 1. The minimum Gasteiger partial charge on any atom is -0.494 e. The molecule has 2 fully saturated rings. The number of aliphatic imine (C=N–C) groups is 1. The zero-order chi connectivity index (χ0) is 17.4. The summed E-state index contributed by atoms with van der Waals surface area (Å²) >= 11 is 6.88. The molecule has 2 heterocycles. The molecule has 0 bridgehead atoms. The first-order valence-corrected chi connectivity index (χ1v) is 8.82. The van der Waals surface area contributed by atoms with Gasteiger partial charge in [0.2, 0.25) is 0 Å². The third-order valence-corrected chi connectivity index (χ3v) is 5.01. The molecule has 24 heavy (non-hydrogen) atoms. The first-order valence-electron chi connectivity index (χ1n) is 7.23. The van der Waals surface area contributed by atoms with Gasteiger partial charge in [0.1, 0.15) is 11.9 Å². The summed E-state index contributed by atoms with van der Waals surface area (Å²) in [5, 5.41) is 0. The van der Waals surface area contributed by atoms with Crippen molar-refractivity contribution in [2.75, 3.05) is 7.11 Å². The van der Waals surface area contributed by atoms with Crippen LogP contribution in [0.1, 0.15) is 18.4 Å². The highest BCUT2D eigenvalue weighted by atomic mass is 79.9. The third-order valence-electron chi connectivity index (χ3n) is 3.83. The molecule has 0 radical (unpaired) electrons. The van der Waals surface area contributed by atoms with Gasteiger partial charge < -0.3 is 20.9 Å². The number of fused-ring (bicyclic) bond motifs is 1. The number of nitrogens with two attached hydrogens (primary N) is 2. The molecule has 0 spiro atoms. The van der Waals surface area contributed by atoms with Crippen LogP contribution < -0.4 is 16.2 Å². The van der Waals surface area contributed by atoms with E-state index in [1.54, 1.807) is 18.1 Å². The number of halogens is 2. The molecule has 2 aliphatic rings. The summed E-state index contributed by atoms with van der Waals surface area (Å²) in [6.07, 6.45) is 2.39. The van der Waals surface area contributed by atoms with E-state index in [9.17, 15) is 4.79 Å². The van der Waals surface area contributed by atoms with E-state index in [1.165, 1.54) is 0 Å². The van der Waals surface area contributed by atoms with Gasteiger partial charge in [-0.05, 0) is 62.1 Å². The summed E-state index contributed by atoms with van der Waals surface area (Å²) in [6, 6.07) is 3.70. The first-order chi connectivity index (χ1) is 11.4. The number of ether oxygens (including phenoxy) is 2. The van der Waals surface area contributed by atoms with Gasteiger partial charge in [0.05, 0.1) is 16.1 Å². The second-order valence-corrected chi connectivity index (χ2v) is 7.13. The summed E-state index contributed by atoms with van der Waals surface area (Å²) in [6.45, 7) is 0. The van der Waals surface area contributed by atoms with Gasteiger partial charge in [0.25, 0.3) is 5.91 Å². The van der Waals surface area contributed by atoms with Crippen LogP contribution in [0.2, 0.25) is 0 Å². The van der Waals surface area contributed by atoms with Crippen LogP contribution in [0.3, 0.4) is 0 Å². The van der Waals surface area contributed by atoms with Crippen molar-refractivity contribution >= 4 is 49.8 Å². The fourth-order valence-corrected chi connectivity index (χ4v) is 4.42. The van der Waals surface area contributed by atoms with Crippen molar-refractivity contribution in [1.82, 2.24) is 4.90 Å². The number of benzene rings is 1. The van der Waals surface area contributed by atoms with Gasteiger partial charge in [-0.3, -0.25) is 9.69 Å². The molecule has 9 heteroatoms. The molecule has 1 amide bonds. The van der Waals surface area contributed by atoms with E-state index in [-0.39, 0.29) is 30.0 Å². The monoisotopic (exact) mass is 458 g/mol. The van der Waals surface area contributed by atoms with Crippen LogP contribution in [0.15, 0.2) is 31.8 Å². The third kappa shape index (κ3) is 3.10. The molecule has 7 nitrogen and oxygen atoms in total. The van der Waals surface area contributed by atoms with E-state index < -0.39 is 0 Å². The molecule has 2 aliphatic heterocycles. The van der Waals surface area contributed by atoms with Gasteiger partial charge in [0, 0.05) is 6.42 Å². The van der Waals surface area contributed by atoms with Crippen LogP contribution in [-0.4, -0.2) is 36.3 Å². The molecular formula is C15H16Br2N4O3. The average molecular weight is 460 g/mol. The maximum Gasteiger partial charge on any atom is 0.293 e. The van der Waals surface area contributed by atoms with E-state index in [1.807, 2.05) is 12.1 Å². The molecular weight excluding hydrogens is 444 g/mol. The van der Waals surface area contributed by atoms with Gasteiger partial charge in [-0.25, -0.2) is 4.99 Å². The Morgan fingerprint density at radius 1 is 1.38 bits per heavy atom. The van der Waals surface area contributed by atoms with Crippen molar-refractivity contribution < 1.29 is 14.3 Å². The van der Waals surface area contributed by atoms with Gasteiger partial charge in [-0.1, -0.05) is 0 Å². The number of hydrogen-bond donors (Lipinski definition) is 2. The maximum atomic E-state index is 12.6. The fourth-order valence-electron chi connectivity index (χ4n) is 2.87. The smallest absolute Gasteiger partial charge is 0.293 e. The standard InChI is InChI=1S/C15H16Br2N4O3/c1-23-13-8(16)4-7(5-9(13)17)6-10-14(22)21-11(20-15(18)19)2-3-12(21)24-10/h4-6,11-12H,2-3H2,1H3,(H4,18,19,20)/b10-6-. The van der Waals surface area contributed by atoms with E-state index in [0.29, 0.717) is 18.6 Å². The van der Waals surface area contributed by atoms with Gasteiger partial charge in [0.15, 0.2) is 17.9 Å². The zero-order valence-electron chi connectivity index (χ0n) is 12.8. The van der Waals surface area contributed by atoms with Crippen LogP contribution in [-0.2, 0) is 9.53 Å². The highest BCUT2D eigenvalue weighted by Gasteiger charge is 2.46. The van der Waals surface area contributed by atoms with E-state index in [4.69, 9.17) is 20.9 Å². The highest BCUT2D eigenvalue weighted by Crippen LogP contribution is 2.38. The molecule has 0 saturated carbocycles. The van der Waals surface area contributed by atoms with Crippen molar-refractivity contribution in [1.29, 1.82) is 0 Å². The molecule has 0 aliphatic carbocycles. The Balaban J connectivity index is 1.88. The van der Waals surface area contributed by atoms with Crippen LogP contribution in [0.25, 0.3) is 6.08 Å². The van der Waals surface area contributed by atoms with Gasteiger partial charge >= 0.3 is 0 Å². The van der Waals surface area contributed by atoms with E-state index in [0.717, 1.165) is 14.5 Å². The minimum atomic E-state index is -0.368. The quantitative estimate of drug-likeness (QED) is 0.409. The summed E-state index contributed by atoms with van der Waals surface area (Å²) < 4.78 is 12.6. The Labute approximate surface area is 155 Å². The second-order valence-electron chi connectivity index (χ2n) is 5.42. The Morgan fingerprint density at radius 3 is 2.62 bits per heavy atom. The number of rotatable bonds is 3. The normalized spacial score (nSPS) is 24.0. The van der Waals surface area contributed by atoms with Crippen molar-refractivity contribution in [2.45, 2.75) is 25.2 Å². The highest BCUT2D eigenvalue weighted by molar-refractivity contribution is 9.11. The molecule has 128 valence electrons. The lowest BCUT2D eigenvalue weighted by Crippen LogP contribution is -2.37. The number of methoxy groups -OCH3 is 1. The minimum absolute atomic E-state index is 0.0334. The predicted molar refractivity (Wildman–Crippen MR) is 96.9 cm³/mol. The lowest BCUT2D eigenvalue weighted by atomic mass is 10.2. The zero-order valence-corrected chi connectivity index (χ0v) is 16.0. The van der Waals surface area contributed by atoms with Crippen molar-refractivity contribution in [3.8, 4) is 5.75 Å². The van der Waals surface area contributed by atoms with Crippen LogP contribution in [0, 0.1) is 0 Å². The van der Waals surface area contributed by atoms with Crippen LogP contribution in [0.5, 0.6) is 5.75 Å². The largest absolute Gasteiger partial charge is 0.494 e. The lowest BCUT2D eigenvalue weighted by Gasteiger charge is -2.17. The summed E-state index contributed by atoms with van der Waals surface area (Å²) in [4.78, 5) is 18.3. The fraction of sp³-hybridized carbons (Fsp3) is 0.333. The molecule has 4 N–H and O–H groups in total. The summed E-state index contributed by atoms with van der Waals surface area (Å²) in [5.41, 5.74) is 11.7. The second kappa shape index (κ2) is 6.64. The lowest BCUT2D eigenvalue weighted by molar-refractivity contribution is -0.126. The number of guanidine groups is 1. The van der Waals surface area contributed by atoms with Crippen molar-refractivity contribution in [3.63, 3.8) is 0 Å². The number of nitrogens with zero attached hydrogens (tertiary/aromatic N) is 2. The molecule has 0 aromatic heterocycles. The molecule has 3 rings (SSSR count). The van der Waals surface area contributed by atoms with Crippen LogP contribution in [0.4, 0.5) is 0 Å². The molecule has 2 unspecified atom stereocenters. The number of amides is 1.